The van der Waals surface area contributed by atoms with E-state index < -0.39 is 0 Å². The summed E-state index contributed by atoms with van der Waals surface area (Å²) in [6.07, 6.45) is 0. The van der Waals surface area contributed by atoms with Gasteiger partial charge in [0, 0.05) is 31.2 Å². The van der Waals surface area contributed by atoms with Crippen molar-refractivity contribution in [2.45, 2.75) is 20.0 Å². The van der Waals surface area contributed by atoms with Gasteiger partial charge in [-0.25, -0.2) is 4.68 Å². The molecule has 2 aromatic heterocycles. The Morgan fingerprint density at radius 3 is 2.94 bits per heavy atom. The lowest BCUT2D eigenvalue weighted by Gasteiger charge is -2.06. The molecule has 0 aliphatic carbocycles. The van der Waals surface area contributed by atoms with E-state index in [1.807, 2.05) is 19.4 Å². The Bertz CT molecular complexity index is 584. The lowest BCUT2D eigenvalue weighted by atomic mass is 10.2. The number of nitrogens with zero attached hydrogens (tertiary/aromatic N) is 2. The van der Waals surface area contributed by atoms with E-state index >= 15 is 0 Å². The van der Waals surface area contributed by atoms with Gasteiger partial charge in [-0.2, -0.15) is 5.10 Å². The summed E-state index contributed by atoms with van der Waals surface area (Å²) in [5.74, 6) is 0.763. The first-order valence-corrected chi connectivity index (χ1v) is 6.43. The molecule has 18 heavy (non-hydrogen) atoms. The molecule has 6 nitrogen and oxygen atoms in total. The van der Waals surface area contributed by atoms with Gasteiger partial charge in [-0.05, 0) is 6.92 Å². The number of methoxy groups -OCH3 is 1. The fraction of sp³-hybridized carbons (Fsp3) is 0.455. The number of rotatable bonds is 5. The molecule has 0 aliphatic rings. The number of ether oxygens (including phenoxy) is 1. The second-order valence-electron chi connectivity index (χ2n) is 3.97. The maximum Gasteiger partial charge on any atom is 0.304 e. The Kier molecular flexibility index (Phi) is 3.83. The van der Waals surface area contributed by atoms with Gasteiger partial charge in [-0.3, -0.25) is 4.79 Å². The van der Waals surface area contributed by atoms with Crippen molar-refractivity contribution in [3.63, 3.8) is 0 Å². The number of aryl methyl sites for hydroxylation is 2. The van der Waals surface area contributed by atoms with Crippen LogP contribution in [0.25, 0.3) is 0 Å². The summed E-state index contributed by atoms with van der Waals surface area (Å²) >= 11 is 1.17. The molecular weight excluding hydrogens is 252 g/mol. The molecule has 7 heteroatoms. The van der Waals surface area contributed by atoms with Gasteiger partial charge >= 0.3 is 4.87 Å². The van der Waals surface area contributed by atoms with E-state index in [0.29, 0.717) is 13.1 Å². The van der Waals surface area contributed by atoms with Crippen LogP contribution in [0.15, 0.2) is 10.2 Å². The van der Waals surface area contributed by atoms with Crippen LogP contribution in [0.1, 0.15) is 17.0 Å². The summed E-state index contributed by atoms with van der Waals surface area (Å²) in [4.78, 5) is 13.7. The van der Waals surface area contributed by atoms with Gasteiger partial charge in [0.1, 0.15) is 0 Å². The Morgan fingerprint density at radius 2 is 2.33 bits per heavy atom. The first kappa shape index (κ1) is 12.8. The van der Waals surface area contributed by atoms with E-state index in [-0.39, 0.29) is 4.87 Å². The number of thiazole rings is 1. The molecule has 0 spiro atoms. The second kappa shape index (κ2) is 5.36. The van der Waals surface area contributed by atoms with Crippen LogP contribution in [0, 0.1) is 6.92 Å². The number of hydrogen-bond acceptors (Lipinski definition) is 5. The molecule has 98 valence electrons. The third-order valence-corrected chi connectivity index (χ3v) is 3.39. The van der Waals surface area contributed by atoms with Gasteiger partial charge in [0.05, 0.1) is 18.4 Å². The smallest absolute Gasteiger partial charge is 0.304 e. The third kappa shape index (κ3) is 2.62. The second-order valence-corrected chi connectivity index (χ2v) is 4.82. The normalized spacial score (nSPS) is 10.8. The molecule has 0 fully saturated rings. The van der Waals surface area contributed by atoms with Crippen LogP contribution in [0.3, 0.4) is 0 Å². The Hall–Kier alpha value is -1.60. The topological polar surface area (TPSA) is 71.9 Å². The minimum atomic E-state index is -0.0260. The van der Waals surface area contributed by atoms with Crippen molar-refractivity contribution in [3.8, 4) is 5.88 Å². The molecule has 2 aromatic rings. The Labute approximate surface area is 109 Å². The summed E-state index contributed by atoms with van der Waals surface area (Å²) in [5, 5.41) is 9.39. The van der Waals surface area contributed by atoms with Gasteiger partial charge in [0.15, 0.2) is 0 Å². The summed E-state index contributed by atoms with van der Waals surface area (Å²) in [6, 6.07) is 0. The lowest BCUT2D eigenvalue weighted by Crippen LogP contribution is -2.14. The summed E-state index contributed by atoms with van der Waals surface area (Å²) in [6.45, 7) is 3.23. The molecule has 2 heterocycles. The van der Waals surface area contributed by atoms with Crippen LogP contribution in [-0.4, -0.2) is 21.9 Å². The molecule has 0 bridgehead atoms. The number of H-pyrrole nitrogens is 1. The zero-order chi connectivity index (χ0) is 13.1. The predicted molar refractivity (Wildman–Crippen MR) is 70.0 cm³/mol. The van der Waals surface area contributed by atoms with E-state index in [1.165, 1.54) is 11.3 Å². The highest BCUT2D eigenvalue weighted by Gasteiger charge is 2.13. The molecule has 0 aromatic carbocycles. The van der Waals surface area contributed by atoms with Crippen molar-refractivity contribution >= 4 is 11.3 Å². The number of hydrogen-bond donors (Lipinski definition) is 2. The highest BCUT2D eigenvalue weighted by molar-refractivity contribution is 7.07. The van der Waals surface area contributed by atoms with Crippen LogP contribution in [0.5, 0.6) is 5.88 Å². The number of nitrogens with one attached hydrogen (secondary N) is 2. The average molecular weight is 268 g/mol. The van der Waals surface area contributed by atoms with Crippen molar-refractivity contribution in [2.75, 3.05) is 7.11 Å². The number of aromatic amines is 1. The van der Waals surface area contributed by atoms with Gasteiger partial charge in [-0.1, -0.05) is 11.3 Å². The van der Waals surface area contributed by atoms with E-state index in [1.54, 1.807) is 11.8 Å². The van der Waals surface area contributed by atoms with Crippen molar-refractivity contribution in [3.05, 3.63) is 32.0 Å². The van der Waals surface area contributed by atoms with Crippen LogP contribution in [-0.2, 0) is 20.1 Å². The van der Waals surface area contributed by atoms with Gasteiger partial charge in [0.2, 0.25) is 5.88 Å². The van der Waals surface area contributed by atoms with Crippen molar-refractivity contribution in [1.82, 2.24) is 20.1 Å². The zero-order valence-electron chi connectivity index (χ0n) is 10.6. The molecule has 0 saturated heterocycles. The molecule has 2 rings (SSSR count). The summed E-state index contributed by atoms with van der Waals surface area (Å²) < 4.78 is 7.03. The largest absolute Gasteiger partial charge is 0.481 e. The minimum Gasteiger partial charge on any atom is -0.481 e. The van der Waals surface area contributed by atoms with Crippen LogP contribution < -0.4 is 14.9 Å². The number of aromatic nitrogens is 3. The van der Waals surface area contributed by atoms with Crippen molar-refractivity contribution in [2.24, 2.45) is 7.05 Å². The Morgan fingerprint density at radius 1 is 1.56 bits per heavy atom. The standard InChI is InChI=1S/C11H16N4O2S/c1-7-9(10(17-3)15(2)14-7)5-12-4-8-6-18-11(16)13-8/h6,12H,4-5H2,1-3H3,(H,13,16). The van der Waals surface area contributed by atoms with Gasteiger partial charge in [-0.15, -0.1) is 0 Å². The lowest BCUT2D eigenvalue weighted by molar-refractivity contribution is 0.368. The predicted octanol–water partition coefficient (Wildman–Crippen LogP) is 0.777. The van der Waals surface area contributed by atoms with E-state index in [0.717, 1.165) is 22.8 Å². The molecular formula is C11H16N4O2S. The van der Waals surface area contributed by atoms with Gasteiger partial charge in [0.25, 0.3) is 0 Å². The minimum absolute atomic E-state index is 0.0260. The third-order valence-electron chi connectivity index (χ3n) is 2.67. The zero-order valence-corrected chi connectivity index (χ0v) is 11.4. The quantitative estimate of drug-likeness (QED) is 0.840. The maximum atomic E-state index is 11.0. The highest BCUT2D eigenvalue weighted by Crippen LogP contribution is 2.20. The fourth-order valence-electron chi connectivity index (χ4n) is 1.86. The van der Waals surface area contributed by atoms with E-state index in [2.05, 4.69) is 15.4 Å². The molecule has 0 radical (unpaired) electrons. The summed E-state index contributed by atoms with van der Waals surface area (Å²) in [7, 11) is 3.49. The molecule has 0 unspecified atom stereocenters. The molecule has 0 amide bonds. The van der Waals surface area contributed by atoms with Crippen LogP contribution in [0.4, 0.5) is 0 Å². The maximum absolute atomic E-state index is 11.0. The van der Waals surface area contributed by atoms with E-state index in [4.69, 9.17) is 4.74 Å². The van der Waals surface area contributed by atoms with Crippen molar-refractivity contribution in [1.29, 1.82) is 0 Å². The first-order chi connectivity index (χ1) is 8.61. The molecule has 0 saturated carbocycles. The monoisotopic (exact) mass is 268 g/mol. The fourth-order valence-corrected chi connectivity index (χ4v) is 2.44. The van der Waals surface area contributed by atoms with Crippen molar-refractivity contribution < 1.29 is 4.74 Å². The average Bonchev–Trinajstić information content (AvgIpc) is 2.84. The molecule has 2 N–H and O–H groups in total. The SMILES string of the molecule is COc1c(CNCc2csc(=O)[nH]2)c(C)nn1C. The highest BCUT2D eigenvalue weighted by atomic mass is 32.1. The molecule has 0 atom stereocenters. The molecule has 0 aliphatic heterocycles. The van der Waals surface area contributed by atoms with Crippen LogP contribution >= 0.6 is 11.3 Å². The van der Waals surface area contributed by atoms with Crippen LogP contribution in [0.2, 0.25) is 0 Å². The van der Waals surface area contributed by atoms with Gasteiger partial charge < -0.3 is 15.0 Å². The summed E-state index contributed by atoms with van der Waals surface area (Å²) in [5.41, 5.74) is 2.88. The Balaban J connectivity index is 2.00. The first-order valence-electron chi connectivity index (χ1n) is 5.55. The van der Waals surface area contributed by atoms with E-state index in [9.17, 15) is 4.79 Å².